The fourth-order valence-electron chi connectivity index (χ4n) is 11.0. The first-order valence-electron chi connectivity index (χ1n) is 31.7. The number of anilines is 1. The lowest BCUT2D eigenvalue weighted by Crippen LogP contribution is -2.42. The molecule has 8 bridgehead atoms. The lowest BCUT2D eigenvalue weighted by Gasteiger charge is -2.30. The van der Waals surface area contributed by atoms with Gasteiger partial charge in [0.05, 0.1) is 10.4 Å². The van der Waals surface area contributed by atoms with Gasteiger partial charge in [0.25, 0.3) is 5.56 Å². The van der Waals surface area contributed by atoms with Gasteiger partial charge in [-0.15, -0.1) is 0 Å². The summed E-state index contributed by atoms with van der Waals surface area (Å²) < 4.78 is 213. The van der Waals surface area contributed by atoms with E-state index in [0.29, 0.717) is 30.6 Å². The molecule has 3 N–H and O–H groups in total. The molecular formula is C40H57ClN8O7. The van der Waals surface area contributed by atoms with Gasteiger partial charge in [0.1, 0.15) is 11.3 Å². The first-order valence-corrected chi connectivity index (χ1v) is 18.1. The predicted octanol–water partition coefficient (Wildman–Crippen LogP) is 5.68. The number of nitrogens with zero attached hydrogens (tertiary/aromatic N) is 6. The minimum Gasteiger partial charge on any atom is -0.379 e. The summed E-state index contributed by atoms with van der Waals surface area (Å²) in [6, 6.07) is 0. The Labute approximate surface area is 369 Å². The zero-order chi connectivity index (χ0) is 64.6. The number of nitro groups is 1. The number of rotatable bonds is 11. The van der Waals surface area contributed by atoms with Crippen LogP contribution in [0.1, 0.15) is 161 Å². The average Bonchev–Trinajstić information content (AvgIpc) is 4.19. The molecule has 11 rings (SSSR count). The molecule has 3 aromatic heterocycles. The van der Waals surface area contributed by atoms with E-state index in [9.17, 15) is 34.1 Å². The van der Waals surface area contributed by atoms with Crippen molar-refractivity contribution >= 4 is 39.5 Å². The number of carbonyl (C=O) groups is 1. The molecule has 3 heterocycles. The van der Waals surface area contributed by atoms with Gasteiger partial charge < -0.3 is 10.7 Å². The second-order valence-corrected chi connectivity index (χ2v) is 15.8. The Balaban J connectivity index is 0.000000204. The Bertz CT molecular complexity index is 3400. The van der Waals surface area contributed by atoms with E-state index in [-0.39, 0.29) is 27.0 Å². The first kappa shape index (κ1) is 18.3. The highest BCUT2D eigenvalue weighted by atomic mass is 35.5. The first-order chi connectivity index (χ1) is 37.4. The number of aromatic amines is 1. The normalized spacial score (nSPS) is 40.4. The highest BCUT2D eigenvalue weighted by Gasteiger charge is 2.61. The fraction of sp³-hybridized carbons (Fsp3) is 0.750. The van der Waals surface area contributed by atoms with Crippen LogP contribution >= 0.6 is 11.6 Å². The summed E-state index contributed by atoms with van der Waals surface area (Å²) in [6.45, 7) is -31.1. The maximum Gasteiger partial charge on any atom is 0.374 e. The molecule has 56 heavy (non-hydrogen) atoms. The molecule has 0 radical (unpaired) electrons. The van der Waals surface area contributed by atoms with Gasteiger partial charge in [0.15, 0.2) is 11.5 Å². The Morgan fingerprint density at radius 3 is 1.80 bits per heavy atom. The number of hydrogen-bond acceptors (Lipinski definition) is 9. The Hall–Kier alpha value is -4.01. The van der Waals surface area contributed by atoms with Crippen LogP contribution in [0.5, 0.6) is 0 Å². The smallest absolute Gasteiger partial charge is 0.374 e. The van der Waals surface area contributed by atoms with Gasteiger partial charge in [-0.2, -0.15) is 0 Å². The standard InChI is InChI=1S/C20H28N4O2.C10H13ClO.C10H16N4O4/c1-3-5-23-16-15(17(25)24(6-4-2)19(23)26)21-18(22-16)20-10-12-7-13(11-20)9-14(20)8-12;11-9(12)10-4-6-1-7(5-10)3-8(10)2-6;1-3-5-12-8(11)7(14(17)18)9(15)13(6-4-2)10(12)16/h12-14H,3-11H2,1-2H3,(H,21,22);6-8H,1-5H2;3-6,11H2,1-2H3/i1D3,2D3,3D2,4D2,5D2,6D2;;1D3,2D3,3D2,4D2,5D2,6D2. The van der Waals surface area contributed by atoms with Crippen LogP contribution in [-0.2, 0) is 36.2 Å². The largest absolute Gasteiger partial charge is 0.379 e. The van der Waals surface area contributed by atoms with E-state index in [1.165, 1.54) is 19.3 Å². The quantitative estimate of drug-likeness (QED) is 0.139. The van der Waals surface area contributed by atoms with E-state index in [4.69, 9.17) is 55.7 Å². The average molecular weight is 826 g/mol. The van der Waals surface area contributed by atoms with E-state index in [1.54, 1.807) is 0 Å². The maximum atomic E-state index is 13.8. The van der Waals surface area contributed by atoms with Gasteiger partial charge in [-0.25, -0.2) is 14.6 Å². The molecule has 3 aromatic rings. The number of halogens is 1. The number of aromatic nitrogens is 6. The molecule has 0 spiro atoms. The molecule has 8 aliphatic carbocycles. The van der Waals surface area contributed by atoms with Crippen LogP contribution in [0.25, 0.3) is 11.2 Å². The Kier molecular flexibility index (Phi) is 5.02. The topological polar surface area (TPSA) is 203 Å². The van der Waals surface area contributed by atoms with Crippen molar-refractivity contribution in [1.82, 2.24) is 28.2 Å². The van der Waals surface area contributed by atoms with Crippen LogP contribution in [0.4, 0.5) is 11.5 Å². The van der Waals surface area contributed by atoms with Gasteiger partial charge in [-0.1, -0.05) is 27.4 Å². The third-order valence-corrected chi connectivity index (χ3v) is 13.0. The van der Waals surface area contributed by atoms with Crippen LogP contribution in [0.15, 0.2) is 19.2 Å². The van der Waals surface area contributed by atoms with Gasteiger partial charge in [-0.05, 0) is 137 Å². The summed E-state index contributed by atoms with van der Waals surface area (Å²) in [6.07, 6.45) is -5.39. The van der Waals surface area contributed by atoms with Crippen LogP contribution in [0.3, 0.4) is 0 Å². The van der Waals surface area contributed by atoms with Crippen molar-refractivity contribution in [2.75, 3.05) is 5.73 Å². The summed E-state index contributed by atoms with van der Waals surface area (Å²) in [7, 11) is 0. The monoisotopic (exact) mass is 825 g/mol. The molecule has 306 valence electrons. The van der Waals surface area contributed by atoms with Gasteiger partial charge >= 0.3 is 22.6 Å². The fourth-order valence-corrected chi connectivity index (χ4v) is 11.3. The number of imidazole rings is 1. The molecular weight excluding hydrogens is 740 g/mol. The van der Waals surface area contributed by atoms with Gasteiger partial charge in [0, 0.05) is 69.7 Å². The lowest BCUT2D eigenvalue weighted by atomic mass is 9.75. The maximum absolute atomic E-state index is 13.8. The molecule has 0 saturated heterocycles. The lowest BCUT2D eigenvalue weighted by molar-refractivity contribution is -0.386. The number of nitrogen functional groups attached to an aromatic ring is 1. The van der Waals surface area contributed by atoms with Crippen molar-refractivity contribution in [2.45, 2.75) is 149 Å². The minimum absolute atomic E-state index is 0.0304. The van der Waals surface area contributed by atoms with Gasteiger partial charge in [0.2, 0.25) is 5.24 Å². The molecule has 0 amide bonds. The zero-order valence-electron chi connectivity index (χ0n) is 57.5. The number of nitrogens with one attached hydrogen (secondary N) is 1. The number of hydrogen-bond donors (Lipinski definition) is 2. The van der Waals surface area contributed by atoms with Crippen molar-refractivity contribution in [3.05, 3.63) is 57.6 Å². The summed E-state index contributed by atoms with van der Waals surface area (Å²) in [5, 5.41) is 11.3. The number of fused-ring (bicyclic) bond motifs is 1. The van der Waals surface area contributed by atoms with E-state index in [1.807, 2.05) is 0 Å². The zero-order valence-corrected chi connectivity index (χ0v) is 30.3. The van der Waals surface area contributed by atoms with Crippen LogP contribution < -0.4 is 28.2 Å². The molecule has 8 fully saturated rings. The molecule has 4 atom stereocenters. The highest BCUT2D eigenvalue weighted by molar-refractivity contribution is 6.64. The number of aryl methyl sites for hydroxylation is 1. The SMILES string of the molecule is O=C(Cl)C12CC3CC(CC1C3)C2.[2H]C([2H])([2H])C([2H])([2H])C([2H])([2H])n1c(=O)c2[nH]c(C34CC5CC(CC3C5)C4)nc2n(C([2H])([2H])C([2H])([2H])C([2H])([2H])[2H])c1=O.[2H]C([2H])([2H])C([2H])([2H])C([2H])([2H])n1c(N)c([N+](=O)[O-])c(=O)n(C([2H])([2H])C([2H])([2H])C([2H])([2H])[2H])c1=O. The third-order valence-electron chi connectivity index (χ3n) is 12.7. The molecule has 16 heteroatoms. The highest BCUT2D eigenvalue weighted by Crippen LogP contribution is 2.66. The summed E-state index contributed by atoms with van der Waals surface area (Å²) in [4.78, 5) is 81.0. The molecule has 0 aromatic carbocycles. The number of nitrogens with two attached hydrogens (primary N) is 1. The Morgan fingerprint density at radius 1 is 0.804 bits per heavy atom. The van der Waals surface area contributed by atoms with E-state index in [2.05, 4.69) is 9.97 Å². The Morgan fingerprint density at radius 2 is 1.29 bits per heavy atom. The van der Waals surface area contributed by atoms with Crippen LogP contribution in [-0.4, -0.2) is 38.4 Å². The van der Waals surface area contributed by atoms with Crippen molar-refractivity contribution in [3.63, 3.8) is 0 Å². The summed E-state index contributed by atoms with van der Waals surface area (Å²) in [5.74, 6) is 1.78. The van der Waals surface area contributed by atoms with Crippen LogP contribution in [0.2, 0.25) is 0 Å². The van der Waals surface area contributed by atoms with E-state index >= 15 is 0 Å². The number of H-pyrrole nitrogens is 1. The van der Waals surface area contributed by atoms with Crippen molar-refractivity contribution in [1.29, 1.82) is 0 Å². The predicted molar refractivity (Wildman–Crippen MR) is 214 cm³/mol. The van der Waals surface area contributed by atoms with Gasteiger partial charge in [-0.3, -0.25) is 42.8 Å². The number of carbonyl (C=O) groups excluding carboxylic acids is 1. The van der Waals surface area contributed by atoms with E-state index in [0.717, 1.165) is 43.9 Å². The second kappa shape index (κ2) is 15.4. The van der Waals surface area contributed by atoms with Crippen molar-refractivity contribution in [2.24, 2.45) is 40.9 Å². The molecule has 0 aliphatic heterocycles. The summed E-state index contributed by atoms with van der Waals surface area (Å²) in [5.41, 5.74) is -6.84. The molecule has 4 unspecified atom stereocenters. The summed E-state index contributed by atoms with van der Waals surface area (Å²) >= 11 is 5.72. The van der Waals surface area contributed by atoms with E-state index < -0.39 is 148 Å². The molecule has 8 saturated carbocycles. The van der Waals surface area contributed by atoms with Crippen LogP contribution in [0, 0.1) is 51.0 Å². The molecule has 8 aliphatic rings. The second-order valence-electron chi connectivity index (χ2n) is 15.4. The third kappa shape index (κ3) is 6.49. The molecule has 15 nitrogen and oxygen atoms in total. The minimum atomic E-state index is -4.21. The van der Waals surface area contributed by atoms with Crippen molar-refractivity contribution in [3.8, 4) is 0 Å². The van der Waals surface area contributed by atoms with Crippen molar-refractivity contribution < 1.29 is 48.1 Å².